The Morgan fingerprint density at radius 3 is 2.33 bits per heavy atom. The molecule has 3 aromatic rings. The Kier molecular flexibility index (Phi) is 3.20. The summed E-state index contributed by atoms with van der Waals surface area (Å²) < 4.78 is 0. The molecule has 3 nitrogen and oxygen atoms in total. The second-order valence-electron chi connectivity index (χ2n) is 7.28. The predicted molar refractivity (Wildman–Crippen MR) is 96.0 cm³/mol. The van der Waals surface area contributed by atoms with E-state index in [4.69, 9.17) is 0 Å². The van der Waals surface area contributed by atoms with Crippen molar-refractivity contribution in [1.82, 2.24) is 9.88 Å². The lowest BCUT2D eigenvalue weighted by molar-refractivity contribution is 0.0548. The monoisotopic (exact) mass is 316 g/mol. The van der Waals surface area contributed by atoms with Gasteiger partial charge in [-0.05, 0) is 38.5 Å². The van der Waals surface area contributed by atoms with Crippen LogP contribution in [0.1, 0.15) is 48.4 Å². The van der Waals surface area contributed by atoms with E-state index in [-0.39, 0.29) is 17.5 Å². The van der Waals surface area contributed by atoms with Crippen LogP contribution >= 0.6 is 0 Å². The first-order valence-electron chi connectivity index (χ1n) is 8.25. The van der Waals surface area contributed by atoms with Crippen LogP contribution < -0.4 is 0 Å². The molecule has 2 heterocycles. The fourth-order valence-electron chi connectivity index (χ4n) is 3.54. The van der Waals surface area contributed by atoms with Crippen LogP contribution in [0.4, 0.5) is 0 Å². The number of carbonyl (C=O) groups is 1. The molecule has 0 radical (unpaired) electrons. The van der Waals surface area contributed by atoms with Crippen LogP contribution in [-0.4, -0.2) is 21.3 Å². The number of benzene rings is 2. The highest BCUT2D eigenvalue weighted by Gasteiger charge is 2.44. The molecule has 1 atom stereocenters. The Labute approximate surface area is 141 Å². The Morgan fingerprint density at radius 2 is 1.62 bits per heavy atom. The molecule has 120 valence electrons. The van der Waals surface area contributed by atoms with E-state index in [0.717, 1.165) is 22.0 Å². The maximum Gasteiger partial charge on any atom is 0.274 e. The first-order valence-corrected chi connectivity index (χ1v) is 8.25. The summed E-state index contributed by atoms with van der Waals surface area (Å²) in [5, 5.41) is 1.07. The molecular weight excluding hydrogens is 296 g/mol. The predicted octanol–water partition coefficient (Wildman–Crippen LogP) is 4.58. The Balaban J connectivity index is 1.99. The summed E-state index contributed by atoms with van der Waals surface area (Å²) in [4.78, 5) is 19.8. The fourth-order valence-corrected chi connectivity index (χ4v) is 3.54. The molecule has 0 bridgehead atoms. The number of hydrogen-bond acceptors (Lipinski definition) is 2. The lowest BCUT2D eigenvalue weighted by Gasteiger charge is -2.37. The van der Waals surface area contributed by atoms with Crippen LogP contribution in [0.3, 0.4) is 0 Å². The lowest BCUT2D eigenvalue weighted by Crippen LogP contribution is -2.44. The van der Waals surface area contributed by atoms with E-state index in [9.17, 15) is 4.79 Å². The van der Waals surface area contributed by atoms with E-state index < -0.39 is 0 Å². The summed E-state index contributed by atoms with van der Waals surface area (Å²) in [5.41, 5.74) is 3.28. The quantitative estimate of drug-likeness (QED) is 0.658. The molecule has 1 aliphatic rings. The van der Waals surface area contributed by atoms with Gasteiger partial charge in [0.25, 0.3) is 5.91 Å². The number of pyridine rings is 1. The summed E-state index contributed by atoms with van der Waals surface area (Å²) in [6, 6.07) is 20.2. The molecule has 0 saturated carbocycles. The van der Waals surface area contributed by atoms with Crippen molar-refractivity contribution in [3.8, 4) is 0 Å². The van der Waals surface area contributed by atoms with Gasteiger partial charge in [-0.15, -0.1) is 0 Å². The maximum atomic E-state index is 13.1. The second kappa shape index (κ2) is 5.17. The highest BCUT2D eigenvalue weighted by atomic mass is 16.2. The fraction of sp³-hybridized carbons (Fsp3) is 0.238. The van der Waals surface area contributed by atoms with Crippen LogP contribution in [0, 0.1) is 0 Å². The molecule has 2 aromatic carbocycles. The van der Waals surface area contributed by atoms with Crippen LogP contribution in [-0.2, 0) is 0 Å². The molecule has 24 heavy (non-hydrogen) atoms. The molecule has 1 unspecified atom stereocenters. The zero-order valence-corrected chi connectivity index (χ0v) is 14.2. The Morgan fingerprint density at radius 1 is 0.958 bits per heavy atom. The van der Waals surface area contributed by atoms with Crippen LogP contribution in [0.5, 0.6) is 0 Å². The van der Waals surface area contributed by atoms with E-state index >= 15 is 0 Å². The number of fused-ring (bicyclic) bond motifs is 2. The number of hydrogen-bond donors (Lipinski definition) is 0. The number of nitrogens with zero attached hydrogens (tertiary/aromatic N) is 2. The molecule has 3 heteroatoms. The number of para-hydroxylation sites is 1. The summed E-state index contributed by atoms with van der Waals surface area (Å²) in [6.45, 7) is 6.23. The third kappa shape index (κ3) is 2.20. The summed E-state index contributed by atoms with van der Waals surface area (Å²) in [6.07, 6.45) is 0. The number of aromatic nitrogens is 1. The van der Waals surface area contributed by atoms with Gasteiger partial charge in [0.05, 0.1) is 11.6 Å². The van der Waals surface area contributed by atoms with Crippen LogP contribution in [0.25, 0.3) is 10.9 Å². The minimum absolute atomic E-state index is 0.0112. The molecule has 1 amide bonds. The van der Waals surface area contributed by atoms with E-state index in [1.165, 1.54) is 0 Å². The average molecular weight is 316 g/mol. The third-order valence-electron chi connectivity index (χ3n) is 4.57. The Hall–Kier alpha value is -2.68. The van der Waals surface area contributed by atoms with Gasteiger partial charge in [-0.2, -0.15) is 0 Å². The van der Waals surface area contributed by atoms with E-state index in [1.54, 1.807) is 0 Å². The number of rotatable bonds is 1. The van der Waals surface area contributed by atoms with Crippen molar-refractivity contribution in [2.24, 2.45) is 0 Å². The van der Waals surface area contributed by atoms with Gasteiger partial charge < -0.3 is 4.90 Å². The molecule has 0 aliphatic carbocycles. The standard InChI is InChI=1S/C21H20N2O/c1-21(2,3)23-19(14-9-5-4-6-10-14)16-13-15-11-7-8-12-17(15)22-18(16)20(23)24/h4-13,19H,1-3H3. The van der Waals surface area contributed by atoms with Crippen molar-refractivity contribution >= 4 is 16.8 Å². The summed E-state index contributed by atoms with van der Waals surface area (Å²) in [7, 11) is 0. The van der Waals surface area contributed by atoms with E-state index in [0.29, 0.717) is 5.69 Å². The maximum absolute atomic E-state index is 13.1. The summed E-state index contributed by atoms with van der Waals surface area (Å²) >= 11 is 0. The molecule has 4 rings (SSSR count). The molecular formula is C21H20N2O. The normalized spacial score (nSPS) is 17.4. The minimum atomic E-state index is -0.287. The van der Waals surface area contributed by atoms with Gasteiger partial charge >= 0.3 is 0 Å². The molecule has 0 fully saturated rings. The zero-order chi connectivity index (χ0) is 16.9. The number of amides is 1. The first kappa shape index (κ1) is 14.9. The van der Waals surface area contributed by atoms with Crippen molar-refractivity contribution in [2.75, 3.05) is 0 Å². The van der Waals surface area contributed by atoms with Crippen molar-refractivity contribution < 1.29 is 4.79 Å². The third-order valence-corrected chi connectivity index (χ3v) is 4.57. The van der Waals surface area contributed by atoms with Crippen LogP contribution in [0.2, 0.25) is 0 Å². The van der Waals surface area contributed by atoms with Crippen molar-refractivity contribution in [2.45, 2.75) is 32.4 Å². The number of carbonyl (C=O) groups excluding carboxylic acids is 1. The van der Waals surface area contributed by atoms with Gasteiger partial charge in [-0.3, -0.25) is 4.79 Å². The molecule has 0 N–H and O–H groups in total. The van der Waals surface area contributed by atoms with Gasteiger partial charge in [-0.1, -0.05) is 48.5 Å². The second-order valence-corrected chi connectivity index (χ2v) is 7.28. The highest BCUT2D eigenvalue weighted by Crippen LogP contribution is 2.42. The van der Waals surface area contributed by atoms with Crippen LogP contribution in [0.15, 0.2) is 60.7 Å². The largest absolute Gasteiger partial charge is 0.321 e. The SMILES string of the molecule is CC(C)(C)N1C(=O)c2nc3ccccc3cc2C1c1ccccc1. The van der Waals surface area contributed by atoms with E-state index in [1.807, 2.05) is 41.3 Å². The van der Waals surface area contributed by atoms with Gasteiger partial charge in [0.1, 0.15) is 5.69 Å². The van der Waals surface area contributed by atoms with Crippen molar-refractivity contribution in [3.05, 3.63) is 77.5 Å². The van der Waals surface area contributed by atoms with Gasteiger partial charge in [0.2, 0.25) is 0 Å². The smallest absolute Gasteiger partial charge is 0.274 e. The lowest BCUT2D eigenvalue weighted by atomic mass is 9.95. The molecule has 0 spiro atoms. The molecule has 0 saturated heterocycles. The van der Waals surface area contributed by atoms with Gasteiger partial charge in [0.15, 0.2) is 0 Å². The zero-order valence-electron chi connectivity index (χ0n) is 14.2. The average Bonchev–Trinajstić information content (AvgIpc) is 2.86. The van der Waals surface area contributed by atoms with Gasteiger partial charge in [0, 0.05) is 16.5 Å². The summed E-state index contributed by atoms with van der Waals surface area (Å²) in [5.74, 6) is 0.0112. The molecule has 1 aromatic heterocycles. The topological polar surface area (TPSA) is 33.2 Å². The first-order chi connectivity index (χ1) is 11.5. The van der Waals surface area contributed by atoms with Crippen molar-refractivity contribution in [1.29, 1.82) is 0 Å². The van der Waals surface area contributed by atoms with Crippen molar-refractivity contribution in [3.63, 3.8) is 0 Å². The Bertz CT molecular complexity index is 925. The molecule has 1 aliphatic heterocycles. The van der Waals surface area contributed by atoms with Gasteiger partial charge in [-0.25, -0.2) is 4.98 Å². The minimum Gasteiger partial charge on any atom is -0.321 e. The highest BCUT2D eigenvalue weighted by molar-refractivity contribution is 6.01. The van der Waals surface area contributed by atoms with E-state index in [2.05, 4.69) is 50.0 Å².